The Labute approximate surface area is 195 Å². The van der Waals surface area contributed by atoms with Crippen LogP contribution in [0.2, 0.25) is 10.0 Å². The molecule has 2 aromatic carbocycles. The fraction of sp³-hybridized carbons (Fsp3) is 0.227. The van der Waals surface area contributed by atoms with Gasteiger partial charge in [0.2, 0.25) is 0 Å². The van der Waals surface area contributed by atoms with Gasteiger partial charge in [-0.2, -0.15) is 0 Å². The van der Waals surface area contributed by atoms with Crippen LogP contribution in [-0.4, -0.2) is 30.1 Å². The Morgan fingerprint density at radius 2 is 1.90 bits per heavy atom. The molecule has 0 aliphatic carbocycles. The minimum absolute atomic E-state index is 0.0287. The molecule has 0 aliphatic rings. The Morgan fingerprint density at radius 1 is 1.30 bits per heavy atom. The van der Waals surface area contributed by atoms with Gasteiger partial charge in [-0.25, -0.2) is 4.39 Å². The highest BCUT2D eigenvalue weighted by Crippen LogP contribution is 2.43. The van der Waals surface area contributed by atoms with Gasteiger partial charge in [-0.15, -0.1) is 0 Å². The zero-order valence-electron chi connectivity index (χ0n) is 16.9. The van der Waals surface area contributed by atoms with Crippen LogP contribution in [0.15, 0.2) is 55.1 Å². The number of hydrogen-bond donors (Lipinski definition) is 1. The van der Waals surface area contributed by atoms with Gasteiger partial charge in [-0.1, -0.05) is 70.0 Å². The highest BCUT2D eigenvalue weighted by Gasteiger charge is 2.17. The first kappa shape index (κ1) is 28.0. The van der Waals surface area contributed by atoms with Crippen molar-refractivity contribution in [2.45, 2.75) is 13.8 Å². The summed E-state index contributed by atoms with van der Waals surface area (Å²) in [6.07, 6.45) is 5.58. The maximum Gasteiger partial charge on any atom is 0.302 e. The van der Waals surface area contributed by atoms with Crippen LogP contribution in [0.1, 0.15) is 13.8 Å². The molecule has 0 unspecified atom stereocenters. The molecule has 0 atom stereocenters. The van der Waals surface area contributed by atoms with Crippen LogP contribution < -0.4 is 4.74 Å². The first-order chi connectivity index (χ1) is 14.2. The van der Waals surface area contributed by atoms with Crippen molar-refractivity contribution in [1.29, 1.82) is 0 Å². The normalized spacial score (nSPS) is 9.70. The number of carbonyl (C=O) groups excluding carboxylic acids is 1. The Morgan fingerprint density at radius 3 is 2.27 bits per heavy atom. The number of allylic oxidation sites excluding steroid dienone is 3. The molecule has 30 heavy (non-hydrogen) atoms. The molecule has 1 N–H and O–H groups in total. The lowest BCUT2D eigenvalue weighted by Crippen LogP contribution is -2.00. The number of rotatable bonds is 5. The molecule has 0 radical (unpaired) electrons. The molecular formula is C22H24BrCl2FO4. The van der Waals surface area contributed by atoms with Gasteiger partial charge in [0.05, 0.1) is 17.2 Å². The summed E-state index contributed by atoms with van der Waals surface area (Å²) in [5.74, 6) is -0.940. The van der Waals surface area contributed by atoms with Gasteiger partial charge in [0.1, 0.15) is 12.4 Å². The molecule has 8 heteroatoms. The number of esters is 1. The van der Waals surface area contributed by atoms with Crippen LogP contribution in [0, 0.1) is 5.82 Å². The maximum absolute atomic E-state index is 13.5. The highest BCUT2D eigenvalue weighted by atomic mass is 79.9. The van der Waals surface area contributed by atoms with Gasteiger partial charge in [-0.05, 0) is 25.1 Å². The van der Waals surface area contributed by atoms with Crippen LogP contribution in [0.3, 0.4) is 0 Å². The average molecular weight is 522 g/mol. The van der Waals surface area contributed by atoms with Crippen molar-refractivity contribution in [2.75, 3.05) is 19.0 Å². The quantitative estimate of drug-likeness (QED) is 0.256. The first-order valence-corrected chi connectivity index (χ1v) is 10.5. The number of methoxy groups -OCH3 is 1. The minimum Gasteiger partial charge on any atom is -0.504 e. The van der Waals surface area contributed by atoms with E-state index >= 15 is 0 Å². The van der Waals surface area contributed by atoms with Gasteiger partial charge in [0.15, 0.2) is 11.5 Å². The van der Waals surface area contributed by atoms with Crippen molar-refractivity contribution in [1.82, 2.24) is 0 Å². The largest absolute Gasteiger partial charge is 0.504 e. The van der Waals surface area contributed by atoms with Crippen molar-refractivity contribution < 1.29 is 23.8 Å². The highest BCUT2D eigenvalue weighted by molar-refractivity contribution is 9.09. The van der Waals surface area contributed by atoms with Crippen LogP contribution in [0.4, 0.5) is 4.39 Å². The predicted octanol–water partition coefficient (Wildman–Crippen LogP) is 7.21. The fourth-order valence-electron chi connectivity index (χ4n) is 1.99. The number of phenols is 1. The summed E-state index contributed by atoms with van der Waals surface area (Å²) in [5, 5.41) is 11.4. The Balaban J connectivity index is 0.000000581. The Kier molecular flexibility index (Phi) is 14.7. The third-order valence-corrected chi connectivity index (χ3v) is 4.16. The van der Waals surface area contributed by atoms with E-state index in [4.69, 9.17) is 27.9 Å². The molecule has 164 valence electrons. The molecule has 0 bridgehead atoms. The van der Waals surface area contributed by atoms with Crippen molar-refractivity contribution in [2.24, 2.45) is 0 Å². The number of phenolic OH excluding ortho intramolecular Hbond substituents is 1. The molecule has 0 heterocycles. The van der Waals surface area contributed by atoms with E-state index < -0.39 is 5.82 Å². The summed E-state index contributed by atoms with van der Waals surface area (Å²) in [5.41, 5.74) is 0.568. The van der Waals surface area contributed by atoms with E-state index in [2.05, 4.69) is 27.2 Å². The molecule has 0 saturated heterocycles. The molecule has 2 aromatic rings. The van der Waals surface area contributed by atoms with Gasteiger partial charge >= 0.3 is 5.97 Å². The smallest absolute Gasteiger partial charge is 0.302 e. The molecule has 0 spiro atoms. The van der Waals surface area contributed by atoms with Crippen LogP contribution in [0.5, 0.6) is 11.5 Å². The zero-order chi connectivity index (χ0) is 23.1. The van der Waals surface area contributed by atoms with Crippen molar-refractivity contribution in [3.63, 3.8) is 0 Å². The molecular weight excluding hydrogens is 498 g/mol. The minimum atomic E-state index is -0.546. The topological polar surface area (TPSA) is 55.8 Å². The SMILES string of the molecule is C=C/C=C\C.CC(=O)OCCBr.COc1cc(F)cc(-c2c(Cl)cccc2Cl)c1O. The van der Waals surface area contributed by atoms with Gasteiger partial charge in [0.25, 0.3) is 0 Å². The number of ether oxygens (including phenoxy) is 2. The number of aromatic hydroxyl groups is 1. The first-order valence-electron chi connectivity index (χ1n) is 8.67. The van der Waals surface area contributed by atoms with Crippen LogP contribution >= 0.6 is 39.1 Å². The second-order valence-electron chi connectivity index (χ2n) is 5.39. The van der Waals surface area contributed by atoms with E-state index in [0.29, 0.717) is 27.5 Å². The second kappa shape index (κ2) is 15.8. The maximum atomic E-state index is 13.5. The predicted molar refractivity (Wildman–Crippen MR) is 126 cm³/mol. The molecule has 0 fully saturated rings. The summed E-state index contributed by atoms with van der Waals surface area (Å²) in [4.78, 5) is 9.96. The second-order valence-corrected chi connectivity index (χ2v) is 7.00. The van der Waals surface area contributed by atoms with Gasteiger partial charge in [0, 0.05) is 29.4 Å². The summed E-state index contributed by atoms with van der Waals surface area (Å²) < 4.78 is 22.9. The van der Waals surface area contributed by atoms with Crippen molar-refractivity contribution in [3.05, 3.63) is 71.0 Å². The number of carbonyl (C=O) groups is 1. The third-order valence-electron chi connectivity index (χ3n) is 3.20. The lowest BCUT2D eigenvalue weighted by atomic mass is 10.0. The van der Waals surface area contributed by atoms with Crippen LogP contribution in [-0.2, 0) is 9.53 Å². The molecule has 0 aromatic heterocycles. The number of alkyl halides is 1. The van der Waals surface area contributed by atoms with Gasteiger partial charge < -0.3 is 14.6 Å². The molecule has 2 rings (SSSR count). The van der Waals surface area contributed by atoms with E-state index in [0.717, 1.165) is 12.1 Å². The van der Waals surface area contributed by atoms with Crippen molar-refractivity contribution >= 4 is 45.1 Å². The van der Waals surface area contributed by atoms with Crippen molar-refractivity contribution in [3.8, 4) is 22.6 Å². The monoisotopic (exact) mass is 520 g/mol. The van der Waals surface area contributed by atoms with E-state index in [1.54, 1.807) is 24.3 Å². The summed E-state index contributed by atoms with van der Waals surface area (Å²) in [6, 6.07) is 7.13. The number of hydrogen-bond acceptors (Lipinski definition) is 4. The standard InChI is InChI=1S/C13H9Cl2FO2.C5H8.C4H7BrO2/c1-18-11-6-7(16)5-8(13(11)17)12-9(14)3-2-4-10(12)15;1-3-5-4-2;1-4(6)7-3-2-5/h2-6,17H,1H3;3-5H,1H2,2H3;2-3H2,1H3/b;5-4-;. The summed E-state index contributed by atoms with van der Waals surface area (Å²) >= 11 is 15.2. The zero-order valence-corrected chi connectivity index (χ0v) is 20.0. The third kappa shape index (κ3) is 10.1. The molecule has 0 amide bonds. The van der Waals surface area contributed by atoms with E-state index in [1.807, 2.05) is 19.1 Å². The van der Waals surface area contributed by atoms with E-state index in [1.165, 1.54) is 14.0 Å². The lowest BCUT2D eigenvalue weighted by molar-refractivity contribution is -0.140. The summed E-state index contributed by atoms with van der Waals surface area (Å²) in [6.45, 7) is 7.28. The molecule has 4 nitrogen and oxygen atoms in total. The van der Waals surface area contributed by atoms with E-state index in [9.17, 15) is 14.3 Å². The Bertz CT molecular complexity index is 837. The Hall–Kier alpha value is -2.02. The average Bonchev–Trinajstić information content (AvgIpc) is 2.70. The number of benzene rings is 2. The molecule has 0 aliphatic heterocycles. The lowest BCUT2D eigenvalue weighted by Gasteiger charge is -2.12. The summed E-state index contributed by atoms with van der Waals surface area (Å²) in [7, 11) is 1.34. The molecule has 0 saturated carbocycles. The van der Waals surface area contributed by atoms with Crippen LogP contribution in [0.25, 0.3) is 11.1 Å². The fourth-order valence-corrected chi connectivity index (χ4v) is 2.76. The van der Waals surface area contributed by atoms with E-state index in [-0.39, 0.29) is 23.0 Å². The van der Waals surface area contributed by atoms with Gasteiger partial charge in [-0.3, -0.25) is 4.79 Å². The number of halogens is 4.